The second-order valence-corrected chi connectivity index (χ2v) is 5.29. The van der Waals surface area contributed by atoms with Gasteiger partial charge in [0.15, 0.2) is 0 Å². The molecule has 0 radical (unpaired) electrons. The van der Waals surface area contributed by atoms with Crippen molar-refractivity contribution in [2.75, 3.05) is 0 Å². The van der Waals surface area contributed by atoms with Gasteiger partial charge in [0.2, 0.25) is 0 Å². The Morgan fingerprint density at radius 3 is 2.94 bits per heavy atom. The molecule has 1 atom stereocenters. The first-order valence-electron chi connectivity index (χ1n) is 6.19. The van der Waals surface area contributed by atoms with Crippen molar-refractivity contribution >= 4 is 11.3 Å². The maximum atomic E-state index is 5.96. The smallest absolute Gasteiger partial charge is 0.0260 e. The van der Waals surface area contributed by atoms with Crippen LogP contribution in [0.5, 0.6) is 0 Å². The largest absolute Gasteiger partial charge is 0.354 e. The molecule has 2 nitrogen and oxygen atoms in total. The lowest BCUT2D eigenvalue weighted by Gasteiger charge is -2.06. The minimum atomic E-state index is 0.294. The lowest BCUT2D eigenvalue weighted by molar-refractivity contribution is 0.642. The molecule has 2 heterocycles. The van der Waals surface area contributed by atoms with Crippen LogP contribution in [0.15, 0.2) is 35.3 Å². The van der Waals surface area contributed by atoms with Crippen LogP contribution in [-0.2, 0) is 19.4 Å². The Morgan fingerprint density at radius 1 is 1.35 bits per heavy atom. The average Bonchev–Trinajstić information content (AvgIpc) is 2.97. The van der Waals surface area contributed by atoms with E-state index in [9.17, 15) is 0 Å². The number of nitrogens with two attached hydrogens (primary N) is 1. The Morgan fingerprint density at radius 2 is 2.24 bits per heavy atom. The fourth-order valence-corrected chi connectivity index (χ4v) is 2.59. The van der Waals surface area contributed by atoms with E-state index in [1.165, 1.54) is 11.1 Å². The molecule has 0 fully saturated rings. The van der Waals surface area contributed by atoms with Crippen molar-refractivity contribution in [3.8, 4) is 0 Å². The quantitative estimate of drug-likeness (QED) is 0.837. The number of aromatic nitrogens is 1. The van der Waals surface area contributed by atoms with Crippen LogP contribution in [-0.4, -0.2) is 10.6 Å². The van der Waals surface area contributed by atoms with E-state index in [0.717, 1.165) is 25.8 Å². The SMILES string of the molecule is CCC(N)Cc1ccn(CCc2ccsc2)c1. The first-order chi connectivity index (χ1) is 8.28. The maximum Gasteiger partial charge on any atom is 0.0260 e. The number of hydrogen-bond acceptors (Lipinski definition) is 2. The van der Waals surface area contributed by atoms with Crippen LogP contribution in [0, 0.1) is 0 Å². The average molecular weight is 248 g/mol. The van der Waals surface area contributed by atoms with Crippen molar-refractivity contribution in [2.45, 2.75) is 38.8 Å². The van der Waals surface area contributed by atoms with E-state index in [2.05, 4.69) is 46.8 Å². The van der Waals surface area contributed by atoms with Gasteiger partial charge in [0.05, 0.1) is 0 Å². The Labute approximate surface area is 107 Å². The van der Waals surface area contributed by atoms with Gasteiger partial charge >= 0.3 is 0 Å². The second-order valence-electron chi connectivity index (χ2n) is 4.51. The summed E-state index contributed by atoms with van der Waals surface area (Å²) in [4.78, 5) is 0. The number of rotatable bonds is 6. The monoisotopic (exact) mass is 248 g/mol. The van der Waals surface area contributed by atoms with Crippen molar-refractivity contribution in [1.29, 1.82) is 0 Å². The molecule has 0 aliphatic heterocycles. The highest BCUT2D eigenvalue weighted by Gasteiger charge is 2.03. The van der Waals surface area contributed by atoms with E-state index in [4.69, 9.17) is 5.73 Å². The molecule has 0 aliphatic carbocycles. The molecule has 0 bridgehead atoms. The third-order valence-corrected chi connectivity index (χ3v) is 3.80. The van der Waals surface area contributed by atoms with E-state index in [-0.39, 0.29) is 0 Å². The van der Waals surface area contributed by atoms with Crippen LogP contribution in [0.25, 0.3) is 0 Å². The van der Waals surface area contributed by atoms with E-state index < -0.39 is 0 Å². The summed E-state index contributed by atoms with van der Waals surface area (Å²) >= 11 is 1.77. The van der Waals surface area contributed by atoms with Gasteiger partial charge in [-0.3, -0.25) is 0 Å². The first kappa shape index (κ1) is 12.4. The minimum absolute atomic E-state index is 0.294. The van der Waals surface area contributed by atoms with Crippen molar-refractivity contribution < 1.29 is 0 Å². The summed E-state index contributed by atoms with van der Waals surface area (Å²) in [5.74, 6) is 0. The summed E-state index contributed by atoms with van der Waals surface area (Å²) in [5.41, 5.74) is 8.74. The van der Waals surface area contributed by atoms with Gasteiger partial charge in [0.25, 0.3) is 0 Å². The van der Waals surface area contributed by atoms with Crippen LogP contribution in [0.1, 0.15) is 24.5 Å². The number of aryl methyl sites for hydroxylation is 2. The Hall–Kier alpha value is -1.06. The molecule has 0 aliphatic rings. The van der Waals surface area contributed by atoms with Crippen LogP contribution in [0.4, 0.5) is 0 Å². The highest BCUT2D eigenvalue weighted by molar-refractivity contribution is 7.07. The highest BCUT2D eigenvalue weighted by Crippen LogP contribution is 2.10. The van der Waals surface area contributed by atoms with E-state index in [1.54, 1.807) is 11.3 Å². The van der Waals surface area contributed by atoms with E-state index in [0.29, 0.717) is 6.04 Å². The van der Waals surface area contributed by atoms with E-state index in [1.807, 2.05) is 0 Å². The normalized spacial score (nSPS) is 12.8. The molecule has 0 saturated carbocycles. The molecule has 2 aromatic heterocycles. The maximum absolute atomic E-state index is 5.96. The van der Waals surface area contributed by atoms with Crippen molar-refractivity contribution in [2.24, 2.45) is 5.73 Å². The third kappa shape index (κ3) is 3.72. The van der Waals surface area contributed by atoms with Crippen molar-refractivity contribution in [1.82, 2.24) is 4.57 Å². The standard InChI is InChI=1S/C14H20N2S/c1-2-14(15)9-13-4-7-16(10-13)6-3-12-5-8-17-11-12/h4-5,7-8,10-11,14H,2-3,6,9,15H2,1H3. The molecular weight excluding hydrogens is 228 g/mol. The molecule has 0 saturated heterocycles. The fraction of sp³-hybridized carbons (Fsp3) is 0.429. The van der Waals surface area contributed by atoms with Crippen LogP contribution in [0.2, 0.25) is 0 Å². The highest BCUT2D eigenvalue weighted by atomic mass is 32.1. The summed E-state index contributed by atoms with van der Waals surface area (Å²) in [6.45, 7) is 3.19. The number of hydrogen-bond donors (Lipinski definition) is 1. The molecule has 2 N–H and O–H groups in total. The molecule has 1 unspecified atom stereocenters. The first-order valence-corrected chi connectivity index (χ1v) is 7.13. The fourth-order valence-electron chi connectivity index (χ4n) is 1.89. The van der Waals surface area contributed by atoms with Gasteiger partial charge in [0, 0.05) is 25.0 Å². The minimum Gasteiger partial charge on any atom is -0.354 e. The Bertz CT molecular complexity index is 431. The Kier molecular flexibility index (Phi) is 4.40. The molecule has 17 heavy (non-hydrogen) atoms. The molecular formula is C14H20N2S. The second kappa shape index (κ2) is 6.03. The van der Waals surface area contributed by atoms with Crippen LogP contribution < -0.4 is 5.73 Å². The van der Waals surface area contributed by atoms with Crippen LogP contribution >= 0.6 is 11.3 Å². The molecule has 2 aromatic rings. The molecule has 2 rings (SSSR count). The zero-order valence-electron chi connectivity index (χ0n) is 10.3. The van der Waals surface area contributed by atoms with E-state index >= 15 is 0 Å². The number of thiophene rings is 1. The number of nitrogens with zero attached hydrogens (tertiary/aromatic N) is 1. The van der Waals surface area contributed by atoms with Gasteiger partial charge in [0.1, 0.15) is 0 Å². The lowest BCUT2D eigenvalue weighted by atomic mass is 10.1. The topological polar surface area (TPSA) is 30.9 Å². The molecule has 0 aromatic carbocycles. The van der Waals surface area contributed by atoms with Gasteiger partial charge in [-0.05, 0) is 53.3 Å². The van der Waals surface area contributed by atoms with Crippen molar-refractivity contribution in [3.05, 3.63) is 46.4 Å². The Balaban J connectivity index is 1.85. The predicted octanol–water partition coefficient (Wildman–Crippen LogP) is 3.07. The van der Waals surface area contributed by atoms with Gasteiger partial charge in [-0.15, -0.1) is 0 Å². The summed E-state index contributed by atoms with van der Waals surface area (Å²) in [5, 5.41) is 4.36. The summed E-state index contributed by atoms with van der Waals surface area (Å²) in [7, 11) is 0. The van der Waals surface area contributed by atoms with Gasteiger partial charge in [-0.1, -0.05) is 6.92 Å². The predicted molar refractivity (Wildman–Crippen MR) is 74.4 cm³/mol. The van der Waals surface area contributed by atoms with Crippen molar-refractivity contribution in [3.63, 3.8) is 0 Å². The van der Waals surface area contributed by atoms with Gasteiger partial charge in [-0.25, -0.2) is 0 Å². The summed E-state index contributed by atoms with van der Waals surface area (Å²) < 4.78 is 2.26. The molecule has 0 amide bonds. The molecule has 3 heteroatoms. The third-order valence-electron chi connectivity index (χ3n) is 3.07. The molecule has 92 valence electrons. The summed E-state index contributed by atoms with van der Waals surface area (Å²) in [6, 6.07) is 4.67. The van der Waals surface area contributed by atoms with Gasteiger partial charge < -0.3 is 10.3 Å². The van der Waals surface area contributed by atoms with Gasteiger partial charge in [-0.2, -0.15) is 11.3 Å². The zero-order chi connectivity index (χ0) is 12.1. The lowest BCUT2D eigenvalue weighted by Crippen LogP contribution is -2.21. The van der Waals surface area contributed by atoms with Crippen LogP contribution in [0.3, 0.4) is 0 Å². The molecule has 0 spiro atoms. The zero-order valence-corrected chi connectivity index (χ0v) is 11.1. The summed E-state index contributed by atoms with van der Waals surface area (Å²) in [6.07, 6.45) is 7.52.